The molecule has 0 saturated heterocycles. The molecule has 5 heteroatoms. The largest absolute Gasteiger partial charge is 0.473 e. The van der Waals surface area contributed by atoms with Crippen LogP contribution in [0.15, 0.2) is 41.4 Å². The van der Waals surface area contributed by atoms with Crippen LogP contribution in [0.1, 0.15) is 24.0 Å². The van der Waals surface area contributed by atoms with Crippen LogP contribution in [-0.2, 0) is 25.5 Å². The van der Waals surface area contributed by atoms with Gasteiger partial charge in [-0.15, -0.1) is 0 Å². The van der Waals surface area contributed by atoms with Crippen LogP contribution >= 0.6 is 0 Å². The average Bonchev–Trinajstić information content (AvgIpc) is 3.18. The van der Waals surface area contributed by atoms with Gasteiger partial charge in [-0.1, -0.05) is 37.3 Å². The number of hydrogen-bond acceptors (Lipinski definition) is 5. The summed E-state index contributed by atoms with van der Waals surface area (Å²) < 4.78 is 11.0. The highest BCUT2D eigenvalue weighted by Crippen LogP contribution is 2.70. The van der Waals surface area contributed by atoms with Crippen LogP contribution < -0.4 is 0 Å². The first-order chi connectivity index (χ1) is 12.0. The van der Waals surface area contributed by atoms with E-state index < -0.39 is 23.5 Å². The van der Waals surface area contributed by atoms with E-state index in [0.717, 1.165) is 6.42 Å². The highest BCUT2D eigenvalue weighted by atomic mass is 16.5. The first-order valence-corrected chi connectivity index (χ1v) is 8.61. The highest BCUT2D eigenvalue weighted by Gasteiger charge is 2.76. The first-order valence-electron chi connectivity index (χ1n) is 8.61. The number of benzene rings is 1. The van der Waals surface area contributed by atoms with E-state index in [0.29, 0.717) is 0 Å². The highest BCUT2D eigenvalue weighted by molar-refractivity contribution is 5.98. The molecule has 5 rings (SSSR count). The lowest BCUT2D eigenvalue weighted by atomic mass is 9.68. The topological polar surface area (TPSA) is 65.0 Å². The summed E-state index contributed by atoms with van der Waals surface area (Å²) in [5, 5.41) is 0. The first kappa shape index (κ1) is 14.9. The average molecular weight is 337 g/mol. The van der Waals surface area contributed by atoms with Crippen molar-refractivity contribution in [3.8, 4) is 0 Å². The summed E-state index contributed by atoms with van der Waals surface area (Å²) in [4.78, 5) is 29.7. The van der Waals surface area contributed by atoms with Gasteiger partial charge >= 0.3 is 5.97 Å². The van der Waals surface area contributed by atoms with Gasteiger partial charge in [0.05, 0.1) is 13.0 Å². The molecule has 0 aromatic heterocycles. The molecule has 1 saturated carbocycles. The van der Waals surface area contributed by atoms with Crippen molar-refractivity contribution in [2.24, 2.45) is 22.2 Å². The predicted molar refractivity (Wildman–Crippen MR) is 90.2 cm³/mol. The van der Waals surface area contributed by atoms with Crippen molar-refractivity contribution in [2.75, 3.05) is 7.11 Å². The van der Waals surface area contributed by atoms with Gasteiger partial charge in [0.25, 0.3) is 0 Å². The van der Waals surface area contributed by atoms with Gasteiger partial charge in [0.2, 0.25) is 0 Å². The Morgan fingerprint density at radius 1 is 1.32 bits per heavy atom. The number of carbonyl (C=O) groups excluding carboxylic acids is 2. The van der Waals surface area contributed by atoms with Crippen molar-refractivity contribution >= 4 is 18.2 Å². The summed E-state index contributed by atoms with van der Waals surface area (Å²) in [7, 11) is 1.35. The second kappa shape index (κ2) is 4.59. The standard InChI is InChI=1S/C20H19NO4/c1-19-9-11-5-3-4-6-12(11)15(19)16-13(22)7-8-14(19)20(16)17(18(23)24-2)21-10-25-20/h3-8,10,14-17H,9H2,1-2H3/t14-,15-,16+,17-,19+,20?/m0/s1. The number of aliphatic imine (C=N–C) groups is 1. The summed E-state index contributed by atoms with van der Waals surface area (Å²) in [5.74, 6) is -0.913. The lowest BCUT2D eigenvalue weighted by molar-refractivity contribution is -0.151. The molecule has 0 N–H and O–H groups in total. The van der Waals surface area contributed by atoms with Crippen molar-refractivity contribution in [2.45, 2.75) is 30.9 Å². The Morgan fingerprint density at radius 2 is 2.12 bits per heavy atom. The van der Waals surface area contributed by atoms with Crippen molar-refractivity contribution in [1.82, 2.24) is 0 Å². The molecule has 1 aromatic carbocycles. The van der Waals surface area contributed by atoms with Crippen molar-refractivity contribution in [1.29, 1.82) is 0 Å². The Morgan fingerprint density at radius 3 is 2.92 bits per heavy atom. The quantitative estimate of drug-likeness (QED) is 0.736. The molecule has 3 aliphatic carbocycles. The molecule has 1 aromatic rings. The van der Waals surface area contributed by atoms with E-state index >= 15 is 0 Å². The number of methoxy groups -OCH3 is 1. The van der Waals surface area contributed by atoms with E-state index in [1.54, 1.807) is 6.08 Å². The number of nitrogens with zero attached hydrogens (tertiary/aromatic N) is 1. The minimum absolute atomic E-state index is 0.0149. The Hall–Kier alpha value is -2.43. The minimum atomic E-state index is -0.966. The van der Waals surface area contributed by atoms with Gasteiger partial charge in [0.15, 0.2) is 23.8 Å². The minimum Gasteiger partial charge on any atom is -0.473 e. The van der Waals surface area contributed by atoms with Gasteiger partial charge in [-0.2, -0.15) is 0 Å². The summed E-state index contributed by atoms with van der Waals surface area (Å²) in [6, 6.07) is 7.51. The summed E-state index contributed by atoms with van der Waals surface area (Å²) >= 11 is 0. The maximum absolute atomic E-state index is 13.0. The van der Waals surface area contributed by atoms with E-state index in [2.05, 4.69) is 24.0 Å². The number of esters is 1. The van der Waals surface area contributed by atoms with Gasteiger partial charge < -0.3 is 9.47 Å². The fourth-order valence-corrected chi connectivity index (χ4v) is 5.97. The number of hydrogen-bond donors (Lipinski definition) is 0. The molecule has 0 radical (unpaired) electrons. The van der Waals surface area contributed by atoms with Crippen molar-refractivity contribution in [3.63, 3.8) is 0 Å². The second-order valence-corrected chi connectivity index (χ2v) is 7.73. The second-order valence-electron chi connectivity index (χ2n) is 7.73. The monoisotopic (exact) mass is 337 g/mol. The fourth-order valence-electron chi connectivity index (χ4n) is 5.97. The van der Waals surface area contributed by atoms with Crippen molar-refractivity contribution < 1.29 is 19.1 Å². The molecular weight excluding hydrogens is 318 g/mol. The van der Waals surface area contributed by atoms with E-state index in [1.807, 2.05) is 18.2 Å². The Kier molecular flexibility index (Phi) is 2.73. The molecule has 1 spiro atoms. The van der Waals surface area contributed by atoms with Crippen LogP contribution in [0.2, 0.25) is 0 Å². The van der Waals surface area contributed by atoms with Gasteiger partial charge in [0.1, 0.15) is 0 Å². The number of ether oxygens (including phenoxy) is 2. The molecule has 1 heterocycles. The maximum atomic E-state index is 13.0. The van der Waals surface area contributed by atoms with Crippen LogP contribution in [0.5, 0.6) is 0 Å². The van der Waals surface area contributed by atoms with Crippen molar-refractivity contribution in [3.05, 3.63) is 47.5 Å². The van der Waals surface area contributed by atoms with Crippen LogP contribution in [0, 0.1) is 17.3 Å². The van der Waals surface area contributed by atoms with Crippen LogP contribution in [0.3, 0.4) is 0 Å². The van der Waals surface area contributed by atoms with Crippen LogP contribution in [0.4, 0.5) is 0 Å². The summed E-state index contributed by atoms with van der Waals surface area (Å²) in [6.07, 6.45) is 5.81. The third-order valence-corrected chi connectivity index (χ3v) is 6.77. The lowest BCUT2D eigenvalue weighted by Crippen LogP contribution is -2.57. The third kappa shape index (κ3) is 1.53. The van der Waals surface area contributed by atoms with E-state index in [1.165, 1.54) is 24.6 Å². The van der Waals surface area contributed by atoms with E-state index in [-0.39, 0.29) is 23.0 Å². The lowest BCUT2D eigenvalue weighted by Gasteiger charge is -2.41. The molecule has 1 aliphatic heterocycles. The number of carbonyl (C=O) groups is 2. The number of fused-ring (bicyclic) bond motifs is 5. The zero-order valence-corrected chi connectivity index (χ0v) is 14.1. The predicted octanol–water partition coefficient (Wildman–Crippen LogP) is 2.06. The molecule has 128 valence electrons. The van der Waals surface area contributed by atoms with Gasteiger partial charge in [-0.3, -0.25) is 4.79 Å². The molecule has 2 bridgehead atoms. The zero-order valence-electron chi connectivity index (χ0n) is 14.1. The van der Waals surface area contributed by atoms with Gasteiger partial charge in [0, 0.05) is 11.8 Å². The number of rotatable bonds is 1. The normalized spacial score (nSPS) is 42.4. The fraction of sp³-hybridized carbons (Fsp3) is 0.450. The van der Waals surface area contributed by atoms with Crippen LogP contribution in [-0.4, -0.2) is 36.9 Å². The van der Waals surface area contributed by atoms with Gasteiger partial charge in [-0.05, 0) is 29.0 Å². The number of allylic oxidation sites excluding steroid dienone is 1. The summed E-state index contributed by atoms with van der Waals surface area (Å²) in [6.45, 7) is 2.21. The number of ketones is 1. The smallest absolute Gasteiger partial charge is 0.334 e. The molecule has 1 unspecified atom stereocenters. The van der Waals surface area contributed by atoms with Gasteiger partial charge in [-0.25, -0.2) is 9.79 Å². The molecule has 6 atom stereocenters. The Bertz CT molecular complexity index is 859. The zero-order chi connectivity index (χ0) is 17.4. The van der Waals surface area contributed by atoms with Crippen LogP contribution in [0.25, 0.3) is 0 Å². The Balaban J connectivity index is 1.74. The molecule has 5 nitrogen and oxygen atoms in total. The Labute approximate surface area is 145 Å². The van der Waals surface area contributed by atoms with E-state index in [4.69, 9.17) is 9.47 Å². The molecule has 25 heavy (non-hydrogen) atoms. The SMILES string of the molecule is COC(=O)[C@@H]1N=COC12[C@@H]1C(=O)C=C[C@H]2[C@@]2(C)Cc3ccccc3[C@@H]12. The molecular formula is C20H19NO4. The van der Waals surface area contributed by atoms with E-state index in [9.17, 15) is 9.59 Å². The molecule has 1 fully saturated rings. The third-order valence-electron chi connectivity index (χ3n) is 6.77. The molecule has 0 amide bonds. The maximum Gasteiger partial charge on any atom is 0.334 e. The molecule has 4 aliphatic rings. The summed E-state index contributed by atoms with van der Waals surface area (Å²) in [5.41, 5.74) is 1.34.